The molecule has 160 valence electrons. The van der Waals surface area contributed by atoms with E-state index in [-0.39, 0.29) is 30.4 Å². The second kappa shape index (κ2) is 7.85. The zero-order valence-corrected chi connectivity index (χ0v) is 17.2. The fraction of sp³-hybridized carbons (Fsp3) is 0.120. The number of hydrogen-bond acceptors (Lipinski definition) is 5. The van der Waals surface area contributed by atoms with Gasteiger partial charge in [-0.2, -0.15) is 0 Å². The van der Waals surface area contributed by atoms with Crippen LogP contribution < -0.4 is 14.8 Å². The number of amides is 2. The number of carbonyl (C=O) groups is 2. The van der Waals surface area contributed by atoms with Crippen LogP contribution in [0.4, 0.5) is 10.1 Å². The number of aryl methyl sites for hydroxylation is 1. The van der Waals surface area contributed by atoms with Gasteiger partial charge in [-0.3, -0.25) is 14.5 Å². The molecule has 1 N–H and O–H groups in total. The Morgan fingerprint density at radius 2 is 1.62 bits per heavy atom. The number of anilines is 1. The summed E-state index contributed by atoms with van der Waals surface area (Å²) in [5.41, 5.74) is 3.40. The number of hydrogen-bond donors (Lipinski definition) is 1. The first-order valence-electron chi connectivity index (χ1n) is 10.1. The molecule has 0 spiro atoms. The fourth-order valence-corrected chi connectivity index (χ4v) is 3.71. The van der Waals surface area contributed by atoms with E-state index in [0.29, 0.717) is 28.3 Å². The lowest BCUT2D eigenvalue weighted by Gasteiger charge is -2.15. The number of imide groups is 1. The van der Waals surface area contributed by atoms with Crippen molar-refractivity contribution in [1.82, 2.24) is 4.90 Å². The minimum absolute atomic E-state index is 0.0413. The van der Waals surface area contributed by atoms with Gasteiger partial charge in [0.15, 0.2) is 11.5 Å². The minimum Gasteiger partial charge on any atom is -0.454 e. The molecule has 2 aliphatic heterocycles. The van der Waals surface area contributed by atoms with Crippen LogP contribution in [0.15, 0.2) is 72.4 Å². The largest absolute Gasteiger partial charge is 0.454 e. The third-order valence-corrected chi connectivity index (χ3v) is 5.40. The van der Waals surface area contributed by atoms with E-state index in [9.17, 15) is 14.0 Å². The summed E-state index contributed by atoms with van der Waals surface area (Å²) in [6.07, 6.45) is 0. The van der Waals surface area contributed by atoms with E-state index in [1.165, 1.54) is 12.1 Å². The number of benzene rings is 3. The number of nitrogens with one attached hydrogen (secondary N) is 1. The Bertz CT molecular complexity index is 1250. The molecule has 0 saturated heterocycles. The average Bonchev–Trinajstić information content (AvgIpc) is 3.34. The van der Waals surface area contributed by atoms with Gasteiger partial charge < -0.3 is 14.8 Å². The molecule has 0 bridgehead atoms. The molecule has 2 amide bonds. The summed E-state index contributed by atoms with van der Waals surface area (Å²) in [5, 5.41) is 3.11. The normalized spacial score (nSPS) is 15.0. The highest BCUT2D eigenvalue weighted by atomic mass is 19.1. The van der Waals surface area contributed by atoms with E-state index in [0.717, 1.165) is 10.5 Å². The van der Waals surface area contributed by atoms with Gasteiger partial charge in [0.25, 0.3) is 11.8 Å². The Hall–Kier alpha value is -4.13. The van der Waals surface area contributed by atoms with E-state index in [2.05, 4.69) is 5.32 Å². The smallest absolute Gasteiger partial charge is 0.278 e. The van der Waals surface area contributed by atoms with Crippen LogP contribution in [0.5, 0.6) is 11.5 Å². The second-order valence-electron chi connectivity index (χ2n) is 7.63. The lowest BCUT2D eigenvalue weighted by atomic mass is 10.0. The maximum absolute atomic E-state index is 13.3. The summed E-state index contributed by atoms with van der Waals surface area (Å²) in [4.78, 5) is 27.8. The molecule has 3 aromatic rings. The number of nitrogens with zero attached hydrogens (tertiary/aromatic N) is 1. The molecule has 0 atom stereocenters. The van der Waals surface area contributed by atoms with Crippen LogP contribution in [0.25, 0.3) is 5.57 Å². The predicted octanol–water partition coefficient (Wildman–Crippen LogP) is 4.26. The summed E-state index contributed by atoms with van der Waals surface area (Å²) in [7, 11) is 0. The van der Waals surface area contributed by atoms with Crippen LogP contribution in [0.3, 0.4) is 0 Å². The minimum atomic E-state index is -0.451. The highest BCUT2D eigenvalue weighted by Crippen LogP contribution is 2.37. The first kappa shape index (κ1) is 19.8. The zero-order valence-electron chi connectivity index (χ0n) is 17.2. The van der Waals surface area contributed by atoms with Crippen LogP contribution in [0.1, 0.15) is 16.7 Å². The van der Waals surface area contributed by atoms with Crippen molar-refractivity contribution in [3.05, 3.63) is 94.9 Å². The Labute approximate surface area is 183 Å². The third-order valence-electron chi connectivity index (χ3n) is 5.40. The van der Waals surface area contributed by atoms with Gasteiger partial charge in [-0.05, 0) is 42.3 Å². The monoisotopic (exact) mass is 430 g/mol. The van der Waals surface area contributed by atoms with E-state index >= 15 is 0 Å². The van der Waals surface area contributed by atoms with Crippen molar-refractivity contribution in [2.45, 2.75) is 13.5 Å². The second-order valence-corrected chi connectivity index (χ2v) is 7.63. The maximum atomic E-state index is 13.3. The summed E-state index contributed by atoms with van der Waals surface area (Å²) in [6.45, 7) is 2.13. The van der Waals surface area contributed by atoms with Crippen molar-refractivity contribution < 1.29 is 23.5 Å². The van der Waals surface area contributed by atoms with Gasteiger partial charge in [-0.15, -0.1) is 0 Å². The quantitative estimate of drug-likeness (QED) is 0.613. The van der Waals surface area contributed by atoms with Crippen LogP contribution in [0.2, 0.25) is 0 Å². The molecule has 0 aliphatic carbocycles. The highest BCUT2D eigenvalue weighted by molar-refractivity contribution is 6.36. The lowest BCUT2D eigenvalue weighted by molar-refractivity contribution is -0.137. The molecule has 2 aliphatic rings. The predicted molar refractivity (Wildman–Crippen MR) is 116 cm³/mol. The van der Waals surface area contributed by atoms with Gasteiger partial charge in [0.05, 0.1) is 12.1 Å². The van der Waals surface area contributed by atoms with E-state index in [1.54, 1.807) is 30.3 Å². The average molecular weight is 430 g/mol. The molecule has 0 unspecified atom stereocenters. The Morgan fingerprint density at radius 1 is 0.906 bits per heavy atom. The molecule has 0 radical (unpaired) electrons. The third kappa shape index (κ3) is 3.58. The molecule has 3 aromatic carbocycles. The van der Waals surface area contributed by atoms with Crippen LogP contribution in [0, 0.1) is 12.7 Å². The lowest BCUT2D eigenvalue weighted by Crippen LogP contribution is -2.32. The van der Waals surface area contributed by atoms with E-state index < -0.39 is 11.8 Å². The van der Waals surface area contributed by atoms with Crippen molar-refractivity contribution in [2.24, 2.45) is 0 Å². The number of rotatable bonds is 5. The number of fused-ring (bicyclic) bond motifs is 1. The number of carbonyl (C=O) groups excluding carboxylic acids is 2. The zero-order chi connectivity index (χ0) is 22.2. The van der Waals surface area contributed by atoms with E-state index in [4.69, 9.17) is 9.47 Å². The molecule has 0 saturated carbocycles. The number of halogens is 1. The van der Waals surface area contributed by atoms with Gasteiger partial charge >= 0.3 is 0 Å². The summed E-state index contributed by atoms with van der Waals surface area (Å²) in [5.74, 6) is -0.0575. The van der Waals surface area contributed by atoms with E-state index in [1.807, 2.05) is 31.2 Å². The molecule has 0 aromatic heterocycles. The number of ether oxygens (including phenoxy) is 2. The molecule has 6 nitrogen and oxygen atoms in total. The van der Waals surface area contributed by atoms with Gasteiger partial charge in [-0.25, -0.2) is 4.39 Å². The van der Waals surface area contributed by atoms with Crippen molar-refractivity contribution in [2.75, 3.05) is 12.1 Å². The molecular weight excluding hydrogens is 411 g/mol. The summed E-state index contributed by atoms with van der Waals surface area (Å²) < 4.78 is 24.0. The SMILES string of the molecule is Cc1ccc(C2=C(Nc3ccc4c(c3)OCO4)C(=O)N(Cc3ccc(F)cc3)C2=O)cc1. The first-order valence-corrected chi connectivity index (χ1v) is 10.1. The highest BCUT2D eigenvalue weighted by Gasteiger charge is 2.39. The van der Waals surface area contributed by atoms with Crippen molar-refractivity contribution in [1.29, 1.82) is 0 Å². The van der Waals surface area contributed by atoms with Crippen molar-refractivity contribution in [3.63, 3.8) is 0 Å². The standard InChI is InChI=1S/C25H19FN2O4/c1-15-2-6-17(7-3-15)22-23(27-19-10-11-20-21(12-19)32-14-31-20)25(30)28(24(22)29)13-16-4-8-18(26)9-5-16/h2-12,27H,13-14H2,1H3. The van der Waals surface area contributed by atoms with Gasteiger partial charge in [0, 0.05) is 11.8 Å². The van der Waals surface area contributed by atoms with Crippen LogP contribution in [-0.2, 0) is 16.1 Å². The van der Waals surface area contributed by atoms with Crippen LogP contribution in [-0.4, -0.2) is 23.5 Å². The Balaban J connectivity index is 1.52. The van der Waals surface area contributed by atoms with Gasteiger partial charge in [-0.1, -0.05) is 42.0 Å². The van der Waals surface area contributed by atoms with Gasteiger partial charge in [0.2, 0.25) is 6.79 Å². The maximum Gasteiger partial charge on any atom is 0.278 e. The molecule has 0 fully saturated rings. The molecule has 32 heavy (non-hydrogen) atoms. The molecule has 7 heteroatoms. The van der Waals surface area contributed by atoms with Crippen molar-refractivity contribution >= 4 is 23.1 Å². The first-order chi connectivity index (χ1) is 15.5. The molecule has 5 rings (SSSR count). The summed E-state index contributed by atoms with van der Waals surface area (Å²) >= 11 is 0. The van der Waals surface area contributed by atoms with Gasteiger partial charge in [0.1, 0.15) is 11.5 Å². The Kier molecular flexibility index (Phi) is 4.86. The topological polar surface area (TPSA) is 67.9 Å². The van der Waals surface area contributed by atoms with Crippen molar-refractivity contribution in [3.8, 4) is 11.5 Å². The van der Waals surface area contributed by atoms with Crippen LogP contribution >= 0.6 is 0 Å². The summed E-state index contributed by atoms with van der Waals surface area (Å²) in [6, 6.07) is 18.4. The molecular formula is C25H19FN2O4. The fourth-order valence-electron chi connectivity index (χ4n) is 3.71. The Morgan fingerprint density at radius 3 is 2.38 bits per heavy atom. The molecule has 2 heterocycles.